The molecular formula is C26H54O3Si2. The second-order valence-electron chi connectivity index (χ2n) is 14.0. The molecule has 0 saturated heterocycles. The van der Waals surface area contributed by atoms with Crippen molar-refractivity contribution in [3.05, 3.63) is 0 Å². The van der Waals surface area contributed by atoms with E-state index in [2.05, 4.69) is 69.2 Å². The SMILES string of the molecule is CC(C)(C)C1CCCC(CO[SiH3])(OC2(CO[SiH3])CCCC(C(C)(C)C)C2(C)C)C1(C)C. The molecule has 0 heterocycles. The van der Waals surface area contributed by atoms with Gasteiger partial charge in [0.1, 0.15) is 21.0 Å². The Bertz CT molecular complexity index is 545. The van der Waals surface area contributed by atoms with Crippen LogP contribution in [0.2, 0.25) is 0 Å². The monoisotopic (exact) mass is 470 g/mol. The Hall–Kier alpha value is 0.314. The second-order valence-corrected chi connectivity index (χ2v) is 15.2. The van der Waals surface area contributed by atoms with Crippen molar-refractivity contribution < 1.29 is 13.6 Å². The van der Waals surface area contributed by atoms with Crippen LogP contribution in [0.1, 0.15) is 108 Å². The summed E-state index contributed by atoms with van der Waals surface area (Å²) in [5.41, 5.74) is 0.0555. The maximum atomic E-state index is 7.66. The number of rotatable bonds is 6. The summed E-state index contributed by atoms with van der Waals surface area (Å²) in [6, 6.07) is 0. The van der Waals surface area contributed by atoms with Crippen molar-refractivity contribution >= 4 is 21.0 Å². The van der Waals surface area contributed by atoms with Crippen LogP contribution in [0.3, 0.4) is 0 Å². The Labute approximate surface area is 200 Å². The smallest absolute Gasteiger partial charge is 0.146 e. The van der Waals surface area contributed by atoms with E-state index in [4.69, 9.17) is 13.6 Å². The predicted octanol–water partition coefficient (Wildman–Crippen LogP) is 4.82. The van der Waals surface area contributed by atoms with Crippen LogP contribution in [0.4, 0.5) is 0 Å². The molecule has 0 aliphatic heterocycles. The van der Waals surface area contributed by atoms with E-state index >= 15 is 0 Å². The summed E-state index contributed by atoms with van der Waals surface area (Å²) < 4.78 is 19.8. The Balaban J connectivity index is 2.60. The maximum absolute atomic E-state index is 7.66. The zero-order chi connectivity index (χ0) is 23.9. The van der Waals surface area contributed by atoms with Gasteiger partial charge >= 0.3 is 0 Å². The minimum atomic E-state index is -0.262. The molecule has 184 valence electrons. The Morgan fingerprint density at radius 3 is 1.26 bits per heavy atom. The number of ether oxygens (including phenoxy) is 1. The van der Waals surface area contributed by atoms with Gasteiger partial charge < -0.3 is 13.6 Å². The third kappa shape index (κ3) is 4.92. The van der Waals surface area contributed by atoms with Gasteiger partial charge in [0.05, 0.1) is 24.4 Å². The minimum Gasteiger partial charge on any atom is -0.425 e. The molecule has 2 fully saturated rings. The highest BCUT2D eigenvalue weighted by molar-refractivity contribution is 5.98. The molecule has 2 aliphatic rings. The molecule has 0 N–H and O–H groups in total. The van der Waals surface area contributed by atoms with Crippen molar-refractivity contribution in [3.8, 4) is 0 Å². The van der Waals surface area contributed by atoms with Crippen molar-refractivity contribution in [2.45, 2.75) is 119 Å². The molecule has 0 aromatic rings. The lowest BCUT2D eigenvalue weighted by Crippen LogP contribution is -2.67. The average Bonchev–Trinajstić information content (AvgIpc) is 2.58. The number of hydrogen-bond acceptors (Lipinski definition) is 3. The van der Waals surface area contributed by atoms with Gasteiger partial charge in [-0.05, 0) is 59.2 Å². The first-order valence-electron chi connectivity index (χ1n) is 12.7. The minimum absolute atomic E-state index is 0.0385. The Morgan fingerprint density at radius 2 is 1.00 bits per heavy atom. The summed E-state index contributed by atoms with van der Waals surface area (Å²) in [7, 11) is 1.50. The molecule has 5 heteroatoms. The Kier molecular flexibility index (Phi) is 8.15. The summed E-state index contributed by atoms with van der Waals surface area (Å²) in [5.74, 6) is 1.20. The molecular weight excluding hydrogens is 416 g/mol. The van der Waals surface area contributed by atoms with Crippen LogP contribution in [0.5, 0.6) is 0 Å². The van der Waals surface area contributed by atoms with Crippen molar-refractivity contribution in [2.24, 2.45) is 33.5 Å². The van der Waals surface area contributed by atoms with E-state index in [9.17, 15) is 0 Å². The molecule has 0 bridgehead atoms. The first-order chi connectivity index (χ1) is 14.0. The molecule has 4 unspecified atom stereocenters. The predicted molar refractivity (Wildman–Crippen MR) is 139 cm³/mol. The lowest BCUT2D eigenvalue weighted by atomic mass is 9.51. The molecule has 0 aromatic carbocycles. The lowest BCUT2D eigenvalue weighted by molar-refractivity contribution is -0.306. The third-order valence-corrected chi connectivity index (χ3v) is 10.1. The molecule has 0 radical (unpaired) electrons. The van der Waals surface area contributed by atoms with Gasteiger partial charge in [0.15, 0.2) is 0 Å². The standard InChI is InChI=1S/C26H54O3Si2/c1-21(2,3)19-13-11-15-25(17-27-30,23(19,7)8)29-26(18-28-31)16-12-14-20(22(4,5)6)24(26,9)10/h19-20H,11-18H2,1-10,30-31H3. The molecule has 0 spiro atoms. The van der Waals surface area contributed by atoms with Gasteiger partial charge in [0, 0.05) is 0 Å². The van der Waals surface area contributed by atoms with Crippen LogP contribution < -0.4 is 0 Å². The average molecular weight is 471 g/mol. The largest absolute Gasteiger partial charge is 0.425 e. The normalized spacial score (nSPS) is 36.6. The first kappa shape index (κ1) is 27.6. The highest BCUT2D eigenvalue weighted by Gasteiger charge is 2.63. The maximum Gasteiger partial charge on any atom is 0.146 e. The number of hydrogen-bond donors (Lipinski definition) is 0. The van der Waals surface area contributed by atoms with Crippen molar-refractivity contribution in [2.75, 3.05) is 13.2 Å². The van der Waals surface area contributed by atoms with E-state index in [1.807, 2.05) is 0 Å². The van der Waals surface area contributed by atoms with E-state index in [0.29, 0.717) is 11.8 Å². The fraction of sp³-hybridized carbons (Fsp3) is 1.00. The summed E-state index contributed by atoms with van der Waals surface area (Å²) in [6.45, 7) is 25.8. The second kappa shape index (κ2) is 9.16. The molecule has 4 atom stereocenters. The topological polar surface area (TPSA) is 27.7 Å². The molecule has 0 aromatic heterocycles. The third-order valence-electron chi connectivity index (χ3n) is 9.47. The van der Waals surface area contributed by atoms with Crippen LogP contribution >= 0.6 is 0 Å². The van der Waals surface area contributed by atoms with E-state index < -0.39 is 0 Å². The highest BCUT2D eigenvalue weighted by Crippen LogP contribution is 2.62. The van der Waals surface area contributed by atoms with Gasteiger partial charge in [0.25, 0.3) is 0 Å². The van der Waals surface area contributed by atoms with Crippen LogP contribution in [0, 0.1) is 33.5 Å². The molecule has 3 nitrogen and oxygen atoms in total. The highest BCUT2D eigenvalue weighted by atomic mass is 28.2. The summed E-state index contributed by atoms with van der Waals surface area (Å²) in [4.78, 5) is 0. The zero-order valence-electron chi connectivity index (χ0n) is 23.0. The van der Waals surface area contributed by atoms with Crippen LogP contribution in [-0.4, -0.2) is 45.4 Å². The van der Waals surface area contributed by atoms with Crippen LogP contribution in [-0.2, 0) is 13.6 Å². The van der Waals surface area contributed by atoms with Gasteiger partial charge in [-0.25, -0.2) is 0 Å². The van der Waals surface area contributed by atoms with E-state index in [0.717, 1.165) is 47.0 Å². The quantitative estimate of drug-likeness (QED) is 0.521. The first-order valence-corrected chi connectivity index (χ1v) is 14.3. The van der Waals surface area contributed by atoms with Crippen LogP contribution in [0.25, 0.3) is 0 Å². The van der Waals surface area contributed by atoms with Gasteiger partial charge in [-0.15, -0.1) is 0 Å². The zero-order valence-corrected chi connectivity index (χ0v) is 27.0. The summed E-state index contributed by atoms with van der Waals surface area (Å²) in [6.07, 6.45) is 7.18. The van der Waals surface area contributed by atoms with E-state index in [1.165, 1.54) is 25.7 Å². The van der Waals surface area contributed by atoms with Crippen molar-refractivity contribution in [1.82, 2.24) is 0 Å². The fourth-order valence-electron chi connectivity index (χ4n) is 8.00. The molecule has 2 saturated carbocycles. The van der Waals surface area contributed by atoms with Gasteiger partial charge in [-0.2, -0.15) is 0 Å². The van der Waals surface area contributed by atoms with E-state index in [1.54, 1.807) is 0 Å². The fourth-order valence-corrected chi connectivity index (χ4v) is 8.93. The molecule has 2 aliphatic carbocycles. The van der Waals surface area contributed by atoms with Crippen molar-refractivity contribution in [3.63, 3.8) is 0 Å². The molecule has 2 rings (SSSR count). The Morgan fingerprint density at radius 1 is 0.677 bits per heavy atom. The van der Waals surface area contributed by atoms with Crippen LogP contribution in [0.15, 0.2) is 0 Å². The van der Waals surface area contributed by atoms with E-state index in [-0.39, 0.29) is 32.9 Å². The van der Waals surface area contributed by atoms with Gasteiger partial charge in [-0.1, -0.05) is 82.1 Å². The lowest BCUT2D eigenvalue weighted by Gasteiger charge is -2.64. The summed E-state index contributed by atoms with van der Waals surface area (Å²) >= 11 is 0. The van der Waals surface area contributed by atoms with Gasteiger partial charge in [0.2, 0.25) is 0 Å². The molecule has 31 heavy (non-hydrogen) atoms. The van der Waals surface area contributed by atoms with Gasteiger partial charge in [-0.3, -0.25) is 0 Å². The van der Waals surface area contributed by atoms with Crippen molar-refractivity contribution in [1.29, 1.82) is 0 Å². The summed E-state index contributed by atoms with van der Waals surface area (Å²) in [5, 5.41) is 0. The molecule has 0 amide bonds.